The lowest BCUT2D eigenvalue weighted by molar-refractivity contribution is 0.397. The van der Waals surface area contributed by atoms with E-state index in [4.69, 9.17) is 4.74 Å². The van der Waals surface area contributed by atoms with Gasteiger partial charge in [-0.25, -0.2) is 8.42 Å². The molecule has 0 aliphatic rings. The number of ether oxygens (including phenoxy) is 1. The van der Waals surface area contributed by atoms with Gasteiger partial charge in [-0.05, 0) is 25.1 Å². The third-order valence-corrected chi connectivity index (χ3v) is 3.40. The van der Waals surface area contributed by atoms with Gasteiger partial charge in [0.05, 0.1) is 18.9 Å². The van der Waals surface area contributed by atoms with Crippen molar-refractivity contribution in [2.45, 2.75) is 19.4 Å². The SMILES string of the molecule is CCCNC(CS(C)(=O)=O)c1ncccc1OC. The molecule has 0 aromatic carbocycles. The zero-order valence-corrected chi connectivity index (χ0v) is 11.8. The zero-order chi connectivity index (χ0) is 13.6. The van der Waals surface area contributed by atoms with E-state index in [-0.39, 0.29) is 11.8 Å². The Morgan fingerprint density at radius 1 is 1.50 bits per heavy atom. The largest absolute Gasteiger partial charge is 0.495 e. The highest BCUT2D eigenvalue weighted by Gasteiger charge is 2.21. The van der Waals surface area contributed by atoms with Gasteiger partial charge < -0.3 is 10.1 Å². The lowest BCUT2D eigenvalue weighted by Gasteiger charge is -2.19. The molecule has 0 spiro atoms. The molecule has 5 nitrogen and oxygen atoms in total. The van der Waals surface area contributed by atoms with Crippen LogP contribution in [0.3, 0.4) is 0 Å². The van der Waals surface area contributed by atoms with Crippen LogP contribution >= 0.6 is 0 Å². The van der Waals surface area contributed by atoms with E-state index in [2.05, 4.69) is 10.3 Å². The predicted molar refractivity (Wildman–Crippen MR) is 71.5 cm³/mol. The highest BCUT2D eigenvalue weighted by Crippen LogP contribution is 2.23. The van der Waals surface area contributed by atoms with Crippen LogP contribution in [-0.2, 0) is 9.84 Å². The van der Waals surface area contributed by atoms with Crippen molar-refractivity contribution in [2.75, 3.05) is 25.7 Å². The van der Waals surface area contributed by atoms with Crippen molar-refractivity contribution in [3.05, 3.63) is 24.0 Å². The van der Waals surface area contributed by atoms with Crippen molar-refractivity contribution < 1.29 is 13.2 Å². The number of aromatic nitrogens is 1. The number of nitrogens with zero attached hydrogens (tertiary/aromatic N) is 1. The van der Waals surface area contributed by atoms with E-state index in [1.54, 1.807) is 25.4 Å². The van der Waals surface area contributed by atoms with Crippen LogP contribution in [0.4, 0.5) is 0 Å². The summed E-state index contributed by atoms with van der Waals surface area (Å²) >= 11 is 0. The van der Waals surface area contributed by atoms with Crippen LogP contribution in [0.25, 0.3) is 0 Å². The minimum atomic E-state index is -3.08. The van der Waals surface area contributed by atoms with Crippen LogP contribution in [0.1, 0.15) is 25.1 Å². The van der Waals surface area contributed by atoms with Gasteiger partial charge in [0, 0.05) is 12.5 Å². The lowest BCUT2D eigenvalue weighted by Crippen LogP contribution is -2.29. The molecular weight excluding hydrogens is 252 g/mol. The minimum Gasteiger partial charge on any atom is -0.495 e. The fourth-order valence-corrected chi connectivity index (χ4v) is 2.57. The van der Waals surface area contributed by atoms with Crippen LogP contribution in [-0.4, -0.2) is 39.1 Å². The molecule has 1 atom stereocenters. The Labute approximate surface area is 108 Å². The molecule has 6 heteroatoms. The molecule has 1 rings (SSSR count). The number of hydrogen-bond acceptors (Lipinski definition) is 5. The molecule has 0 saturated heterocycles. The van der Waals surface area contributed by atoms with Crippen LogP contribution in [0.5, 0.6) is 5.75 Å². The molecule has 18 heavy (non-hydrogen) atoms. The number of hydrogen-bond donors (Lipinski definition) is 1. The number of rotatable bonds is 7. The Morgan fingerprint density at radius 2 is 2.22 bits per heavy atom. The molecular formula is C12H20N2O3S. The highest BCUT2D eigenvalue weighted by atomic mass is 32.2. The average molecular weight is 272 g/mol. The topological polar surface area (TPSA) is 68.3 Å². The van der Waals surface area contributed by atoms with E-state index in [1.807, 2.05) is 6.92 Å². The molecule has 0 fully saturated rings. The van der Waals surface area contributed by atoms with Crippen molar-refractivity contribution in [1.82, 2.24) is 10.3 Å². The number of methoxy groups -OCH3 is 1. The van der Waals surface area contributed by atoms with E-state index < -0.39 is 9.84 Å². The molecule has 0 radical (unpaired) electrons. The summed E-state index contributed by atoms with van der Waals surface area (Å²) in [6.45, 7) is 2.76. The average Bonchev–Trinajstić information content (AvgIpc) is 2.33. The van der Waals surface area contributed by atoms with Crippen LogP contribution in [0, 0.1) is 0 Å². The van der Waals surface area contributed by atoms with Crippen molar-refractivity contribution in [3.63, 3.8) is 0 Å². The third-order valence-electron chi connectivity index (χ3n) is 2.46. The third kappa shape index (κ3) is 4.62. The Kier molecular flexibility index (Phi) is 5.55. The minimum absolute atomic E-state index is 0.0143. The van der Waals surface area contributed by atoms with E-state index in [1.165, 1.54) is 6.26 Å². The first kappa shape index (κ1) is 14.9. The first-order valence-electron chi connectivity index (χ1n) is 5.88. The molecule has 102 valence electrons. The lowest BCUT2D eigenvalue weighted by atomic mass is 10.2. The van der Waals surface area contributed by atoms with Crippen molar-refractivity contribution in [1.29, 1.82) is 0 Å². The van der Waals surface area contributed by atoms with Crippen molar-refractivity contribution >= 4 is 9.84 Å². The smallest absolute Gasteiger partial charge is 0.149 e. The molecule has 0 bridgehead atoms. The van der Waals surface area contributed by atoms with Gasteiger partial charge in [0.15, 0.2) is 0 Å². The van der Waals surface area contributed by atoms with E-state index in [0.29, 0.717) is 11.4 Å². The van der Waals surface area contributed by atoms with Crippen molar-refractivity contribution in [2.24, 2.45) is 0 Å². The molecule has 0 amide bonds. The maximum absolute atomic E-state index is 11.5. The molecule has 1 heterocycles. The Bertz CT molecular complexity index is 474. The van der Waals surface area contributed by atoms with Crippen LogP contribution in [0.15, 0.2) is 18.3 Å². The Morgan fingerprint density at radius 3 is 2.78 bits per heavy atom. The zero-order valence-electron chi connectivity index (χ0n) is 11.0. The van der Waals surface area contributed by atoms with Gasteiger partial charge in [-0.15, -0.1) is 0 Å². The Hall–Kier alpha value is -1.14. The maximum Gasteiger partial charge on any atom is 0.149 e. The van der Waals surface area contributed by atoms with E-state index in [0.717, 1.165) is 13.0 Å². The summed E-state index contributed by atoms with van der Waals surface area (Å²) in [7, 11) is -1.53. The summed E-state index contributed by atoms with van der Waals surface area (Å²) in [6, 6.07) is 3.21. The second-order valence-corrected chi connectivity index (χ2v) is 6.37. The highest BCUT2D eigenvalue weighted by molar-refractivity contribution is 7.90. The maximum atomic E-state index is 11.5. The first-order valence-corrected chi connectivity index (χ1v) is 7.94. The van der Waals surface area contributed by atoms with Gasteiger partial charge in [-0.3, -0.25) is 4.98 Å². The van der Waals surface area contributed by atoms with Gasteiger partial charge in [-0.1, -0.05) is 6.92 Å². The van der Waals surface area contributed by atoms with Crippen LogP contribution in [0.2, 0.25) is 0 Å². The molecule has 0 aliphatic carbocycles. The number of nitrogens with one attached hydrogen (secondary N) is 1. The van der Waals surface area contributed by atoms with Crippen molar-refractivity contribution in [3.8, 4) is 5.75 Å². The molecule has 0 aliphatic heterocycles. The van der Waals surface area contributed by atoms with Gasteiger partial charge in [0.25, 0.3) is 0 Å². The quantitative estimate of drug-likeness (QED) is 0.807. The summed E-state index contributed by atoms with van der Waals surface area (Å²) in [5.41, 5.74) is 0.638. The van der Waals surface area contributed by atoms with Gasteiger partial charge in [-0.2, -0.15) is 0 Å². The standard InChI is InChI=1S/C12H20N2O3S/c1-4-7-13-10(9-18(3,15)16)12-11(17-2)6-5-8-14-12/h5-6,8,10,13H,4,7,9H2,1-3H3. The van der Waals surface area contributed by atoms with Gasteiger partial charge >= 0.3 is 0 Å². The first-order chi connectivity index (χ1) is 8.48. The number of pyridine rings is 1. The monoisotopic (exact) mass is 272 g/mol. The van der Waals surface area contributed by atoms with Gasteiger partial charge in [0.2, 0.25) is 0 Å². The second kappa shape index (κ2) is 6.70. The summed E-state index contributed by atoms with van der Waals surface area (Å²) < 4.78 is 28.2. The van der Waals surface area contributed by atoms with E-state index in [9.17, 15) is 8.42 Å². The molecule has 1 aromatic heterocycles. The molecule has 1 unspecified atom stereocenters. The summed E-state index contributed by atoms with van der Waals surface area (Å²) in [5, 5.41) is 3.20. The fraction of sp³-hybridized carbons (Fsp3) is 0.583. The van der Waals surface area contributed by atoms with Gasteiger partial charge in [0.1, 0.15) is 21.3 Å². The predicted octanol–water partition coefficient (Wildman–Crippen LogP) is 1.18. The van der Waals surface area contributed by atoms with E-state index >= 15 is 0 Å². The summed E-state index contributed by atoms with van der Waals surface area (Å²) in [6.07, 6.45) is 3.79. The molecule has 1 aromatic rings. The fourth-order valence-electron chi connectivity index (χ4n) is 1.69. The summed E-state index contributed by atoms with van der Waals surface area (Å²) in [5.74, 6) is 0.621. The normalized spacial score (nSPS) is 13.3. The van der Waals surface area contributed by atoms with Crippen LogP contribution < -0.4 is 10.1 Å². The number of sulfone groups is 1. The molecule has 1 N–H and O–H groups in total. The second-order valence-electron chi connectivity index (χ2n) is 4.19. The molecule has 0 saturated carbocycles. The summed E-state index contributed by atoms with van der Waals surface area (Å²) in [4.78, 5) is 4.23. The Balaban J connectivity index is 3.00.